The van der Waals surface area contributed by atoms with Gasteiger partial charge in [0.05, 0.1) is 0 Å². The molecule has 0 N–H and O–H groups in total. The van der Waals surface area contributed by atoms with Gasteiger partial charge in [0, 0.05) is 6.42 Å². The van der Waals surface area contributed by atoms with Crippen molar-refractivity contribution in [3.8, 4) is 0 Å². The molecule has 0 radical (unpaired) electrons. The predicted molar refractivity (Wildman–Crippen MR) is 43.0 cm³/mol. The van der Waals surface area contributed by atoms with Crippen molar-refractivity contribution in [1.29, 1.82) is 0 Å². The normalized spacial score (nSPS) is 19.4. The number of halogens is 5. The molecule has 0 unspecified atom stereocenters. The zero-order valence-corrected chi connectivity index (χ0v) is 8.30. The van der Waals surface area contributed by atoms with Crippen molar-refractivity contribution in [1.82, 2.24) is 0 Å². The van der Waals surface area contributed by atoms with Crippen molar-refractivity contribution in [3.05, 3.63) is 0 Å². The fourth-order valence-corrected chi connectivity index (χ4v) is 1.24. The van der Waals surface area contributed by atoms with Gasteiger partial charge in [-0.15, -0.1) is 10.2 Å². The summed E-state index contributed by atoms with van der Waals surface area (Å²) in [4.78, 5) is 0. The van der Waals surface area contributed by atoms with Gasteiger partial charge in [-0.1, -0.05) is 13.3 Å². The topological polar surface area (TPSA) is 49.4 Å². The summed E-state index contributed by atoms with van der Waals surface area (Å²) >= 11 is 0. The van der Waals surface area contributed by atoms with Crippen molar-refractivity contribution in [2.75, 3.05) is 0 Å². The molecular formula is C7H9F5N4. The molecule has 0 spiro atoms. The van der Waals surface area contributed by atoms with Gasteiger partial charge >= 0.3 is 12.1 Å². The quantitative estimate of drug-likeness (QED) is 0.673. The molecule has 4 nitrogen and oxygen atoms in total. The second-order valence-electron chi connectivity index (χ2n) is 3.37. The van der Waals surface area contributed by atoms with Gasteiger partial charge in [0.15, 0.2) is 0 Å². The fraction of sp³-hybridized carbons (Fsp3) is 1.00. The zero-order chi connectivity index (χ0) is 12.4. The fourth-order valence-electron chi connectivity index (χ4n) is 1.24. The van der Waals surface area contributed by atoms with Crippen LogP contribution in [0.4, 0.5) is 22.0 Å². The van der Waals surface area contributed by atoms with Crippen LogP contribution in [0.15, 0.2) is 20.7 Å². The number of unbranched alkanes of at least 4 members (excludes halogenated alkanes) is 1. The molecule has 1 aliphatic heterocycles. The Balaban J connectivity index is 3.03. The number of hydrogen-bond donors (Lipinski definition) is 0. The highest BCUT2D eigenvalue weighted by molar-refractivity contribution is 5.02. The first-order valence-electron chi connectivity index (χ1n) is 4.55. The molecule has 16 heavy (non-hydrogen) atoms. The van der Waals surface area contributed by atoms with E-state index in [4.69, 9.17) is 0 Å². The van der Waals surface area contributed by atoms with Gasteiger partial charge in [-0.3, -0.25) is 0 Å². The smallest absolute Gasteiger partial charge is 0.191 e. The van der Waals surface area contributed by atoms with E-state index in [1.54, 1.807) is 6.92 Å². The number of rotatable bonds is 4. The first kappa shape index (κ1) is 12.9. The molecule has 92 valence electrons. The summed E-state index contributed by atoms with van der Waals surface area (Å²) in [5, 5.41) is 11.3. The molecule has 0 aromatic carbocycles. The molecule has 1 aliphatic rings. The van der Waals surface area contributed by atoms with Crippen LogP contribution in [0.25, 0.3) is 0 Å². The lowest BCUT2D eigenvalue weighted by molar-refractivity contribution is -0.307. The second kappa shape index (κ2) is 4.02. The van der Waals surface area contributed by atoms with Crippen LogP contribution in [0, 0.1) is 0 Å². The Kier molecular flexibility index (Phi) is 3.25. The highest BCUT2D eigenvalue weighted by atomic mass is 19.4. The minimum absolute atomic E-state index is 0.129. The molecule has 9 heteroatoms. The minimum Gasteiger partial charge on any atom is -0.191 e. The lowest BCUT2D eigenvalue weighted by Crippen LogP contribution is -2.54. The van der Waals surface area contributed by atoms with Crippen LogP contribution < -0.4 is 0 Å². The number of alkyl halides is 5. The number of nitrogens with zero attached hydrogens (tertiary/aromatic N) is 4. The molecule has 0 atom stereocenters. The Morgan fingerprint density at radius 3 is 1.88 bits per heavy atom. The number of hydrogen-bond acceptors (Lipinski definition) is 4. The van der Waals surface area contributed by atoms with Gasteiger partial charge in [-0.25, -0.2) is 0 Å². The molecule has 0 saturated carbocycles. The maximum atomic E-state index is 13.2. The largest absolute Gasteiger partial charge is 0.458 e. The highest BCUT2D eigenvalue weighted by Gasteiger charge is 2.72. The first-order valence-corrected chi connectivity index (χ1v) is 4.55. The molecule has 1 rings (SSSR count). The summed E-state index contributed by atoms with van der Waals surface area (Å²) in [5.41, 5.74) is -2.92. The average molecular weight is 244 g/mol. The van der Waals surface area contributed by atoms with Crippen LogP contribution in [-0.2, 0) is 0 Å². The van der Waals surface area contributed by atoms with Crippen molar-refractivity contribution in [2.24, 2.45) is 20.7 Å². The standard InChI is InChI=1S/C7H9F5N4/c1-2-3-4-5(13-15-16-14-5)6(8,9)7(10,11)12/h2-4H2,1H3. The third kappa shape index (κ3) is 1.90. The van der Waals surface area contributed by atoms with Gasteiger partial charge in [0.2, 0.25) is 0 Å². The maximum Gasteiger partial charge on any atom is 0.458 e. The Morgan fingerprint density at radius 1 is 1.00 bits per heavy atom. The molecule has 0 fully saturated rings. The molecule has 0 aromatic heterocycles. The van der Waals surface area contributed by atoms with Gasteiger partial charge < -0.3 is 0 Å². The summed E-state index contributed by atoms with van der Waals surface area (Å²) in [5.74, 6) is -5.06. The Hall–Kier alpha value is -1.15. The van der Waals surface area contributed by atoms with Crippen LogP contribution >= 0.6 is 0 Å². The van der Waals surface area contributed by atoms with E-state index in [1.807, 2.05) is 0 Å². The van der Waals surface area contributed by atoms with Crippen LogP contribution in [0.3, 0.4) is 0 Å². The lowest BCUT2D eigenvalue weighted by atomic mass is 9.96. The van der Waals surface area contributed by atoms with E-state index >= 15 is 0 Å². The molecule has 0 amide bonds. The Bertz CT molecular complexity index is 296. The van der Waals surface area contributed by atoms with Gasteiger partial charge in [-0.2, -0.15) is 22.0 Å². The van der Waals surface area contributed by atoms with E-state index in [1.165, 1.54) is 0 Å². The van der Waals surface area contributed by atoms with E-state index in [2.05, 4.69) is 20.7 Å². The van der Waals surface area contributed by atoms with E-state index in [-0.39, 0.29) is 6.42 Å². The third-order valence-electron chi connectivity index (χ3n) is 2.20. The van der Waals surface area contributed by atoms with Crippen LogP contribution in [0.5, 0.6) is 0 Å². The van der Waals surface area contributed by atoms with Crippen LogP contribution in [0.1, 0.15) is 26.2 Å². The first-order chi connectivity index (χ1) is 7.27. The maximum absolute atomic E-state index is 13.2. The van der Waals surface area contributed by atoms with Crippen molar-refractivity contribution in [3.63, 3.8) is 0 Å². The van der Waals surface area contributed by atoms with E-state index < -0.39 is 24.2 Å². The second-order valence-corrected chi connectivity index (χ2v) is 3.37. The van der Waals surface area contributed by atoms with Crippen molar-refractivity contribution < 1.29 is 22.0 Å². The molecule has 0 bridgehead atoms. The van der Waals surface area contributed by atoms with Crippen molar-refractivity contribution in [2.45, 2.75) is 43.9 Å². The SMILES string of the molecule is CCCCC1(C(F)(F)C(F)(F)F)N=NN=N1. The summed E-state index contributed by atoms with van der Waals surface area (Å²) in [6.07, 6.45) is -5.68. The monoisotopic (exact) mass is 244 g/mol. The molecule has 1 heterocycles. The molecule has 0 aromatic rings. The molecule has 0 aliphatic carbocycles. The summed E-state index contributed by atoms with van der Waals surface area (Å²) in [6.45, 7) is 1.66. The molecular weight excluding hydrogens is 235 g/mol. The summed E-state index contributed by atoms with van der Waals surface area (Å²) in [6, 6.07) is 0. The summed E-state index contributed by atoms with van der Waals surface area (Å²) in [7, 11) is 0. The lowest BCUT2D eigenvalue weighted by Gasteiger charge is -2.30. The van der Waals surface area contributed by atoms with Crippen LogP contribution in [-0.4, -0.2) is 17.8 Å². The summed E-state index contributed by atoms with van der Waals surface area (Å²) < 4.78 is 63.0. The van der Waals surface area contributed by atoms with E-state index in [9.17, 15) is 22.0 Å². The molecule has 0 saturated heterocycles. The van der Waals surface area contributed by atoms with E-state index in [0.29, 0.717) is 6.42 Å². The average Bonchev–Trinajstić information content (AvgIpc) is 2.62. The van der Waals surface area contributed by atoms with Gasteiger partial charge in [-0.05, 0) is 16.9 Å². The Labute approximate surface area is 87.6 Å². The minimum atomic E-state index is -5.72. The Morgan fingerprint density at radius 2 is 1.50 bits per heavy atom. The highest BCUT2D eigenvalue weighted by Crippen LogP contribution is 2.50. The van der Waals surface area contributed by atoms with Crippen LogP contribution in [0.2, 0.25) is 0 Å². The van der Waals surface area contributed by atoms with E-state index in [0.717, 1.165) is 0 Å². The van der Waals surface area contributed by atoms with Gasteiger partial charge in [0.25, 0.3) is 5.66 Å². The zero-order valence-electron chi connectivity index (χ0n) is 8.30. The van der Waals surface area contributed by atoms with Gasteiger partial charge in [0.1, 0.15) is 0 Å². The van der Waals surface area contributed by atoms with Crippen molar-refractivity contribution >= 4 is 0 Å². The third-order valence-corrected chi connectivity index (χ3v) is 2.20. The predicted octanol–water partition coefficient (Wildman–Crippen LogP) is 3.90.